The fraction of sp³-hybridized carbons (Fsp3) is 0.150. The molecule has 0 N–H and O–H groups in total. The number of carbonyl (C=O) groups is 1. The molecule has 0 aliphatic carbocycles. The van der Waals surface area contributed by atoms with Gasteiger partial charge >= 0.3 is 0 Å². The van der Waals surface area contributed by atoms with E-state index in [0.717, 1.165) is 11.1 Å². The van der Waals surface area contributed by atoms with Gasteiger partial charge < -0.3 is 0 Å². The number of aromatic nitrogens is 3. The van der Waals surface area contributed by atoms with E-state index < -0.39 is 0 Å². The highest BCUT2D eigenvalue weighted by molar-refractivity contribution is 7.22. The summed E-state index contributed by atoms with van der Waals surface area (Å²) in [6, 6.07) is 14.5. The van der Waals surface area contributed by atoms with Crippen LogP contribution in [0, 0.1) is 12.7 Å². The zero-order valence-electron chi connectivity index (χ0n) is 14.9. The van der Waals surface area contributed by atoms with Gasteiger partial charge in [-0.15, -0.1) is 0 Å². The van der Waals surface area contributed by atoms with Gasteiger partial charge in [-0.2, -0.15) is 5.10 Å². The van der Waals surface area contributed by atoms with Crippen LogP contribution in [0.4, 0.5) is 9.52 Å². The SMILES string of the molecule is Cc1cnn(C)c1C(=O)N(Cc1ccccc1)c1nc2c(F)cccc2s1. The summed E-state index contributed by atoms with van der Waals surface area (Å²) in [4.78, 5) is 19.4. The highest BCUT2D eigenvalue weighted by atomic mass is 32.1. The van der Waals surface area contributed by atoms with Crippen LogP contribution in [0.2, 0.25) is 0 Å². The number of nitrogens with zero attached hydrogens (tertiary/aromatic N) is 4. The summed E-state index contributed by atoms with van der Waals surface area (Å²) in [6.45, 7) is 2.19. The van der Waals surface area contributed by atoms with Crippen LogP contribution in [0.15, 0.2) is 54.7 Å². The Morgan fingerprint density at radius 3 is 2.63 bits per heavy atom. The largest absolute Gasteiger partial charge is 0.278 e. The lowest BCUT2D eigenvalue weighted by atomic mass is 10.2. The number of thiazole rings is 1. The van der Waals surface area contributed by atoms with E-state index in [1.807, 2.05) is 37.3 Å². The molecule has 0 atom stereocenters. The smallest absolute Gasteiger partial charge is 0.278 e. The van der Waals surface area contributed by atoms with Crippen molar-refractivity contribution in [2.24, 2.45) is 7.05 Å². The average molecular weight is 380 g/mol. The van der Waals surface area contributed by atoms with Gasteiger partial charge in [-0.25, -0.2) is 9.37 Å². The number of hydrogen-bond donors (Lipinski definition) is 0. The molecular weight excluding hydrogens is 363 g/mol. The van der Waals surface area contributed by atoms with Gasteiger partial charge in [-0.05, 0) is 30.2 Å². The van der Waals surface area contributed by atoms with Crippen LogP contribution >= 0.6 is 11.3 Å². The summed E-state index contributed by atoms with van der Waals surface area (Å²) in [5, 5.41) is 4.63. The number of rotatable bonds is 4. The monoisotopic (exact) mass is 380 g/mol. The van der Waals surface area contributed by atoms with Crippen LogP contribution in [-0.4, -0.2) is 20.7 Å². The van der Waals surface area contributed by atoms with Gasteiger partial charge in [0.15, 0.2) is 5.13 Å². The van der Waals surface area contributed by atoms with Crippen molar-refractivity contribution in [3.05, 3.63) is 77.4 Å². The lowest BCUT2D eigenvalue weighted by Gasteiger charge is -2.20. The Balaban J connectivity index is 1.82. The minimum absolute atomic E-state index is 0.212. The van der Waals surface area contributed by atoms with E-state index in [-0.39, 0.29) is 17.2 Å². The van der Waals surface area contributed by atoms with Gasteiger partial charge in [0.05, 0.1) is 17.4 Å². The maximum absolute atomic E-state index is 14.1. The number of carbonyl (C=O) groups excluding carboxylic acids is 1. The Kier molecular flexibility index (Phi) is 4.45. The number of halogens is 1. The van der Waals surface area contributed by atoms with Gasteiger partial charge in [-0.3, -0.25) is 14.4 Å². The number of hydrogen-bond acceptors (Lipinski definition) is 4. The lowest BCUT2D eigenvalue weighted by molar-refractivity contribution is 0.0975. The zero-order chi connectivity index (χ0) is 19.0. The second-order valence-electron chi connectivity index (χ2n) is 6.26. The molecule has 0 unspecified atom stereocenters. The molecule has 136 valence electrons. The first-order chi connectivity index (χ1) is 13.0. The molecule has 0 aliphatic heterocycles. The molecule has 0 aliphatic rings. The van der Waals surface area contributed by atoms with Crippen LogP contribution < -0.4 is 4.90 Å². The molecule has 27 heavy (non-hydrogen) atoms. The van der Waals surface area contributed by atoms with Crippen molar-refractivity contribution >= 4 is 32.6 Å². The van der Waals surface area contributed by atoms with Crippen LogP contribution in [-0.2, 0) is 13.6 Å². The molecule has 7 heteroatoms. The van der Waals surface area contributed by atoms with E-state index in [1.54, 1.807) is 35.0 Å². The summed E-state index contributed by atoms with van der Waals surface area (Å²) in [7, 11) is 1.74. The Morgan fingerprint density at radius 1 is 1.19 bits per heavy atom. The molecule has 0 spiro atoms. The van der Waals surface area contributed by atoms with Crippen molar-refractivity contribution in [3.8, 4) is 0 Å². The molecular formula is C20H17FN4OS. The second-order valence-corrected chi connectivity index (χ2v) is 7.27. The third kappa shape index (κ3) is 3.21. The molecule has 0 radical (unpaired) electrons. The molecule has 5 nitrogen and oxygen atoms in total. The van der Waals surface area contributed by atoms with Gasteiger partial charge in [0.1, 0.15) is 17.0 Å². The number of aryl methyl sites for hydroxylation is 2. The van der Waals surface area contributed by atoms with Crippen molar-refractivity contribution < 1.29 is 9.18 Å². The topological polar surface area (TPSA) is 51.0 Å². The molecule has 0 fully saturated rings. The lowest BCUT2D eigenvalue weighted by Crippen LogP contribution is -2.32. The predicted molar refractivity (Wildman–Crippen MR) is 104 cm³/mol. The standard InChI is InChI=1S/C20H17FN4OS/c1-13-11-22-24(2)18(13)19(26)25(12-14-7-4-3-5-8-14)20-23-17-15(21)9-6-10-16(17)27-20/h3-11H,12H2,1-2H3. The Morgan fingerprint density at radius 2 is 1.96 bits per heavy atom. The molecule has 4 rings (SSSR count). The Hall–Kier alpha value is -3.06. The zero-order valence-corrected chi connectivity index (χ0v) is 15.7. The highest BCUT2D eigenvalue weighted by Crippen LogP contribution is 2.32. The Labute approximate surface area is 159 Å². The summed E-state index contributed by atoms with van der Waals surface area (Å²) in [5.74, 6) is -0.602. The summed E-state index contributed by atoms with van der Waals surface area (Å²) < 4.78 is 16.4. The number of amides is 1. The minimum Gasteiger partial charge on any atom is -0.278 e. The highest BCUT2D eigenvalue weighted by Gasteiger charge is 2.26. The molecule has 2 aromatic carbocycles. The van der Waals surface area contributed by atoms with E-state index in [1.165, 1.54) is 17.4 Å². The van der Waals surface area contributed by atoms with Crippen LogP contribution in [0.5, 0.6) is 0 Å². The molecule has 0 bridgehead atoms. The first kappa shape index (κ1) is 17.4. The van der Waals surface area contributed by atoms with E-state index in [9.17, 15) is 9.18 Å². The van der Waals surface area contributed by atoms with Gasteiger partial charge in [-0.1, -0.05) is 47.7 Å². The van der Waals surface area contributed by atoms with Crippen molar-refractivity contribution in [1.29, 1.82) is 0 Å². The van der Waals surface area contributed by atoms with Crippen LogP contribution in [0.3, 0.4) is 0 Å². The van der Waals surface area contributed by atoms with Gasteiger partial charge in [0, 0.05) is 7.05 Å². The quantitative estimate of drug-likeness (QED) is 0.530. The number of benzene rings is 2. The Bertz CT molecular complexity index is 1100. The van der Waals surface area contributed by atoms with Crippen molar-refractivity contribution in [2.75, 3.05) is 4.90 Å². The average Bonchev–Trinajstić information content (AvgIpc) is 3.24. The number of anilines is 1. The molecule has 2 heterocycles. The molecule has 0 saturated carbocycles. The molecule has 0 saturated heterocycles. The molecule has 1 amide bonds. The van der Waals surface area contributed by atoms with E-state index >= 15 is 0 Å². The van der Waals surface area contributed by atoms with E-state index in [4.69, 9.17) is 0 Å². The first-order valence-corrected chi connectivity index (χ1v) is 9.25. The first-order valence-electron chi connectivity index (χ1n) is 8.44. The van der Waals surface area contributed by atoms with Crippen molar-refractivity contribution in [1.82, 2.24) is 14.8 Å². The number of fused-ring (bicyclic) bond motifs is 1. The second kappa shape index (κ2) is 6.92. The van der Waals surface area contributed by atoms with E-state index in [0.29, 0.717) is 22.1 Å². The molecule has 4 aromatic rings. The summed E-state index contributed by atoms with van der Waals surface area (Å²) in [5.41, 5.74) is 2.52. The summed E-state index contributed by atoms with van der Waals surface area (Å²) in [6.07, 6.45) is 1.66. The number of para-hydroxylation sites is 1. The normalized spacial score (nSPS) is 11.1. The fourth-order valence-electron chi connectivity index (χ4n) is 2.99. The maximum Gasteiger partial charge on any atom is 0.278 e. The van der Waals surface area contributed by atoms with Gasteiger partial charge in [0.2, 0.25) is 0 Å². The minimum atomic E-state index is -0.390. The van der Waals surface area contributed by atoms with Crippen LogP contribution in [0.25, 0.3) is 10.2 Å². The van der Waals surface area contributed by atoms with Crippen molar-refractivity contribution in [3.63, 3.8) is 0 Å². The third-order valence-corrected chi connectivity index (χ3v) is 5.39. The fourth-order valence-corrected chi connectivity index (χ4v) is 3.97. The third-order valence-electron chi connectivity index (χ3n) is 4.34. The van der Waals surface area contributed by atoms with E-state index in [2.05, 4.69) is 10.1 Å². The predicted octanol–water partition coefficient (Wildman–Crippen LogP) is 4.32. The van der Waals surface area contributed by atoms with Crippen molar-refractivity contribution in [2.45, 2.75) is 13.5 Å². The molecule has 2 aromatic heterocycles. The van der Waals surface area contributed by atoms with Crippen LogP contribution in [0.1, 0.15) is 21.6 Å². The maximum atomic E-state index is 14.1. The van der Waals surface area contributed by atoms with Gasteiger partial charge in [0.25, 0.3) is 5.91 Å². The summed E-state index contributed by atoms with van der Waals surface area (Å²) >= 11 is 1.30.